The average molecular weight is 345 g/mol. The Labute approximate surface area is 140 Å². The molecule has 0 spiro atoms. The number of imide groups is 1. The molecular weight excluding hydrogens is 336 g/mol. The highest BCUT2D eigenvalue weighted by atomic mass is 35.5. The second-order valence-electron chi connectivity index (χ2n) is 4.79. The van der Waals surface area contributed by atoms with Crippen LogP contribution in [0.15, 0.2) is 48.5 Å². The molecule has 0 saturated carbocycles. The molecule has 0 unspecified atom stereocenters. The van der Waals surface area contributed by atoms with Gasteiger partial charge in [0.1, 0.15) is 0 Å². The number of amides is 3. The summed E-state index contributed by atoms with van der Waals surface area (Å²) in [4.78, 5) is 52.3. The van der Waals surface area contributed by atoms with Crippen LogP contribution in [0.5, 0.6) is 0 Å². The Morgan fingerprint density at radius 1 is 0.917 bits per heavy atom. The van der Waals surface area contributed by atoms with Crippen LogP contribution in [-0.4, -0.2) is 28.8 Å². The molecule has 120 valence electrons. The highest BCUT2D eigenvalue weighted by molar-refractivity contribution is 6.38. The maximum atomic E-state index is 12.0. The smallest absolute Gasteiger partial charge is 0.320 e. The first-order valence-electron chi connectivity index (χ1n) is 6.74. The van der Waals surface area contributed by atoms with E-state index in [1.165, 1.54) is 36.4 Å². The van der Waals surface area contributed by atoms with Crippen LogP contribution in [0.25, 0.3) is 0 Å². The van der Waals surface area contributed by atoms with Crippen LogP contribution in [0.1, 0.15) is 20.7 Å². The van der Waals surface area contributed by atoms with E-state index < -0.39 is 23.7 Å². The van der Waals surface area contributed by atoms with Crippen molar-refractivity contribution in [1.29, 1.82) is 0 Å². The Morgan fingerprint density at radius 2 is 1.46 bits per heavy atom. The quantitative estimate of drug-likeness (QED) is 0.664. The van der Waals surface area contributed by atoms with Gasteiger partial charge in [0.25, 0.3) is 11.8 Å². The standard InChI is InChI=1S/C16H9ClN2O5/c17-9-5-7-10(8-6-9)18-13(20)16(23)24-19-14(21)11-3-1-2-4-12(11)15(19)22/h1-8H,(H,18,20). The largest absolute Gasteiger partial charge is 0.421 e. The molecule has 24 heavy (non-hydrogen) atoms. The van der Waals surface area contributed by atoms with E-state index in [1.807, 2.05) is 0 Å². The van der Waals surface area contributed by atoms with Gasteiger partial charge in [0.15, 0.2) is 0 Å². The summed E-state index contributed by atoms with van der Waals surface area (Å²) in [6.45, 7) is 0. The van der Waals surface area contributed by atoms with Gasteiger partial charge in [-0.1, -0.05) is 28.8 Å². The zero-order valence-corrected chi connectivity index (χ0v) is 12.7. The van der Waals surface area contributed by atoms with Crippen LogP contribution >= 0.6 is 11.6 Å². The molecular formula is C16H9ClN2O5. The van der Waals surface area contributed by atoms with E-state index in [1.54, 1.807) is 12.1 Å². The SMILES string of the molecule is O=C(Nc1ccc(Cl)cc1)C(=O)ON1C(=O)c2ccccc2C1=O. The molecule has 3 rings (SSSR count). The topological polar surface area (TPSA) is 92.8 Å². The maximum Gasteiger partial charge on any atom is 0.421 e. The fourth-order valence-corrected chi connectivity index (χ4v) is 2.22. The molecule has 0 aromatic heterocycles. The third kappa shape index (κ3) is 2.84. The van der Waals surface area contributed by atoms with Crippen molar-refractivity contribution in [3.8, 4) is 0 Å². The van der Waals surface area contributed by atoms with E-state index in [2.05, 4.69) is 10.2 Å². The van der Waals surface area contributed by atoms with Gasteiger partial charge in [-0.3, -0.25) is 14.4 Å². The molecule has 0 radical (unpaired) electrons. The van der Waals surface area contributed by atoms with E-state index in [9.17, 15) is 19.2 Å². The number of nitrogens with one attached hydrogen (secondary N) is 1. The van der Waals surface area contributed by atoms with Crippen molar-refractivity contribution < 1.29 is 24.0 Å². The van der Waals surface area contributed by atoms with Gasteiger partial charge >= 0.3 is 11.9 Å². The Balaban J connectivity index is 1.69. The Morgan fingerprint density at radius 3 is 2.00 bits per heavy atom. The normalized spacial score (nSPS) is 12.8. The van der Waals surface area contributed by atoms with Crippen molar-refractivity contribution in [2.24, 2.45) is 0 Å². The van der Waals surface area contributed by atoms with Crippen molar-refractivity contribution in [2.45, 2.75) is 0 Å². The van der Waals surface area contributed by atoms with Crippen LogP contribution in [0.4, 0.5) is 5.69 Å². The second kappa shape index (κ2) is 6.13. The summed E-state index contributed by atoms with van der Waals surface area (Å²) < 4.78 is 0. The lowest BCUT2D eigenvalue weighted by molar-refractivity contribution is -0.172. The number of rotatable bonds is 2. The molecule has 3 amide bonds. The Kier molecular flexibility index (Phi) is 4.01. The zero-order chi connectivity index (χ0) is 17.3. The summed E-state index contributed by atoms with van der Waals surface area (Å²) in [6.07, 6.45) is 0. The second-order valence-corrected chi connectivity index (χ2v) is 5.23. The van der Waals surface area contributed by atoms with Crippen molar-refractivity contribution in [3.63, 3.8) is 0 Å². The van der Waals surface area contributed by atoms with Crippen molar-refractivity contribution >= 4 is 41.0 Å². The lowest BCUT2D eigenvalue weighted by atomic mass is 10.1. The summed E-state index contributed by atoms with van der Waals surface area (Å²) in [5, 5.41) is 3.00. The minimum atomic E-state index is -1.39. The Hall–Kier alpha value is -3.19. The molecule has 2 aromatic carbocycles. The number of carbonyl (C=O) groups is 4. The van der Waals surface area contributed by atoms with Crippen molar-refractivity contribution in [1.82, 2.24) is 5.06 Å². The van der Waals surface area contributed by atoms with E-state index in [4.69, 9.17) is 11.6 Å². The zero-order valence-electron chi connectivity index (χ0n) is 12.0. The summed E-state index contributed by atoms with van der Waals surface area (Å²) >= 11 is 5.71. The van der Waals surface area contributed by atoms with E-state index in [0.717, 1.165) is 0 Å². The number of hydrogen-bond acceptors (Lipinski definition) is 5. The third-order valence-electron chi connectivity index (χ3n) is 3.22. The summed E-state index contributed by atoms with van der Waals surface area (Å²) in [5.74, 6) is -4.13. The van der Waals surface area contributed by atoms with Crippen molar-refractivity contribution in [2.75, 3.05) is 5.32 Å². The lowest BCUT2D eigenvalue weighted by Gasteiger charge is -2.12. The monoisotopic (exact) mass is 344 g/mol. The number of halogens is 1. The van der Waals surface area contributed by atoms with E-state index in [0.29, 0.717) is 10.7 Å². The van der Waals surface area contributed by atoms with Gasteiger partial charge in [-0.25, -0.2) is 4.79 Å². The summed E-state index contributed by atoms with van der Waals surface area (Å²) in [6, 6.07) is 12.0. The van der Waals surface area contributed by atoms with Crippen LogP contribution in [0, 0.1) is 0 Å². The van der Waals surface area contributed by atoms with Crippen LogP contribution < -0.4 is 5.32 Å². The number of anilines is 1. The first kappa shape index (κ1) is 15.7. The van der Waals surface area contributed by atoms with Crippen LogP contribution in [-0.2, 0) is 14.4 Å². The van der Waals surface area contributed by atoms with Crippen LogP contribution in [0.3, 0.4) is 0 Å². The molecule has 0 saturated heterocycles. The summed E-state index contributed by atoms with van der Waals surface area (Å²) in [5.41, 5.74) is 0.519. The molecule has 1 aliphatic rings. The number of hydrogen-bond donors (Lipinski definition) is 1. The molecule has 1 N–H and O–H groups in total. The molecule has 8 heteroatoms. The first-order valence-corrected chi connectivity index (χ1v) is 7.12. The maximum absolute atomic E-state index is 12.0. The van der Waals surface area contributed by atoms with Crippen molar-refractivity contribution in [3.05, 3.63) is 64.7 Å². The number of carbonyl (C=O) groups excluding carboxylic acids is 4. The molecule has 0 fully saturated rings. The van der Waals surface area contributed by atoms with Gasteiger partial charge in [0.05, 0.1) is 11.1 Å². The molecule has 7 nitrogen and oxygen atoms in total. The predicted molar refractivity (Wildman–Crippen MR) is 83.1 cm³/mol. The van der Waals surface area contributed by atoms with Gasteiger partial charge in [-0.15, -0.1) is 0 Å². The summed E-state index contributed by atoms with van der Waals surface area (Å²) in [7, 11) is 0. The lowest BCUT2D eigenvalue weighted by Crippen LogP contribution is -2.37. The van der Waals surface area contributed by atoms with Gasteiger partial charge in [-0.2, -0.15) is 0 Å². The fraction of sp³-hybridized carbons (Fsp3) is 0. The van der Waals surface area contributed by atoms with Crippen LogP contribution in [0.2, 0.25) is 5.02 Å². The number of fused-ring (bicyclic) bond motifs is 1. The van der Waals surface area contributed by atoms with Gasteiger partial charge < -0.3 is 10.2 Å². The molecule has 1 aliphatic heterocycles. The first-order chi connectivity index (χ1) is 11.5. The average Bonchev–Trinajstić information content (AvgIpc) is 2.82. The molecule has 0 atom stereocenters. The number of benzene rings is 2. The van der Waals surface area contributed by atoms with Gasteiger partial charge in [0, 0.05) is 10.7 Å². The minimum absolute atomic E-state index is 0.105. The molecule has 0 bridgehead atoms. The molecule has 1 heterocycles. The van der Waals surface area contributed by atoms with Gasteiger partial charge in [0.2, 0.25) is 0 Å². The predicted octanol–water partition coefficient (Wildman–Crippen LogP) is 2.03. The minimum Gasteiger partial charge on any atom is -0.320 e. The van der Waals surface area contributed by atoms with Gasteiger partial charge in [-0.05, 0) is 36.4 Å². The van der Waals surface area contributed by atoms with E-state index >= 15 is 0 Å². The molecule has 2 aromatic rings. The van der Waals surface area contributed by atoms with E-state index in [-0.39, 0.29) is 16.2 Å². The Bertz CT molecular complexity index is 828. The highest BCUT2D eigenvalue weighted by Crippen LogP contribution is 2.22. The fourth-order valence-electron chi connectivity index (χ4n) is 2.09. The molecule has 0 aliphatic carbocycles. The highest BCUT2D eigenvalue weighted by Gasteiger charge is 2.39. The number of hydroxylamine groups is 2. The third-order valence-corrected chi connectivity index (χ3v) is 3.47. The number of nitrogens with zero attached hydrogens (tertiary/aromatic N) is 1.